The molecule has 0 saturated carbocycles. The summed E-state index contributed by atoms with van der Waals surface area (Å²) in [6.45, 7) is 5.76. The number of carbonyl (C=O) groups excluding carboxylic acids is 3. The normalized spacial score (nSPS) is 15.5. The number of halogens is 2. The summed E-state index contributed by atoms with van der Waals surface area (Å²) in [5, 5.41) is 5.67. The second-order valence-electron chi connectivity index (χ2n) is 13.4. The van der Waals surface area contributed by atoms with Gasteiger partial charge in [0.25, 0.3) is 11.8 Å². The molecule has 0 unspecified atom stereocenters. The maximum atomic E-state index is 14.3. The van der Waals surface area contributed by atoms with Gasteiger partial charge in [-0.15, -0.1) is 11.3 Å². The topological polar surface area (TPSA) is 117 Å². The quantitative estimate of drug-likeness (QED) is 0.173. The number of pyridine rings is 2. The van der Waals surface area contributed by atoms with Gasteiger partial charge in [0.2, 0.25) is 0 Å². The summed E-state index contributed by atoms with van der Waals surface area (Å²) in [7, 11) is 1.79. The molecule has 2 aromatic carbocycles. The van der Waals surface area contributed by atoms with E-state index < -0.39 is 17.5 Å². The van der Waals surface area contributed by atoms with E-state index in [4.69, 9.17) is 4.74 Å². The first kappa shape index (κ1) is 35.9. The Kier molecular flexibility index (Phi) is 10.3. The van der Waals surface area contributed by atoms with Gasteiger partial charge in [-0.25, -0.2) is 13.8 Å². The van der Waals surface area contributed by atoms with Gasteiger partial charge in [0.05, 0.1) is 32.9 Å². The van der Waals surface area contributed by atoms with Crippen LogP contribution in [0.1, 0.15) is 54.4 Å². The van der Waals surface area contributed by atoms with E-state index in [1.165, 1.54) is 28.4 Å². The number of para-hydroxylation sites is 1. The molecule has 53 heavy (non-hydrogen) atoms. The number of benzene rings is 2. The number of aldehydes is 1. The number of aryl methyl sites for hydroxylation is 1. The maximum Gasteiger partial charge on any atom is 0.265 e. The lowest BCUT2D eigenvalue weighted by atomic mass is 9.73. The number of hydrogen-bond acceptors (Lipinski definition) is 9. The van der Waals surface area contributed by atoms with E-state index in [9.17, 15) is 23.2 Å². The lowest BCUT2D eigenvalue weighted by Gasteiger charge is -2.52. The molecule has 2 amide bonds. The predicted molar refractivity (Wildman–Crippen MR) is 202 cm³/mol. The van der Waals surface area contributed by atoms with Crippen LogP contribution in [0.2, 0.25) is 0 Å². The minimum absolute atomic E-state index is 0.132. The molecule has 3 aromatic heterocycles. The summed E-state index contributed by atoms with van der Waals surface area (Å²) >= 11 is 1.19. The Balaban J connectivity index is 0.000000212. The number of nitrogens with zero attached hydrogens (tertiary/aromatic N) is 4. The third-order valence-electron chi connectivity index (χ3n) is 9.95. The van der Waals surface area contributed by atoms with Crippen LogP contribution in [0.4, 0.5) is 31.7 Å². The maximum absolute atomic E-state index is 14.3. The molecule has 0 atom stereocenters. The Hall–Kier alpha value is -5.53. The number of nitrogens with one attached hydrogen (secondary N) is 2. The van der Waals surface area contributed by atoms with E-state index in [1.807, 2.05) is 6.07 Å². The molecule has 8 rings (SSSR count). The first-order valence-corrected chi connectivity index (χ1v) is 18.2. The molecular weight excluding hydrogens is 699 g/mol. The Morgan fingerprint density at radius 1 is 1.00 bits per heavy atom. The number of thiophene rings is 1. The van der Waals surface area contributed by atoms with E-state index in [0.29, 0.717) is 49.7 Å². The minimum Gasteiger partial charge on any atom is -0.388 e. The van der Waals surface area contributed by atoms with Crippen molar-refractivity contribution in [2.75, 3.05) is 60.3 Å². The molecule has 0 bridgehead atoms. The number of amides is 2. The van der Waals surface area contributed by atoms with Crippen LogP contribution in [0.15, 0.2) is 79.1 Å². The molecule has 0 aliphatic carbocycles. The Labute approximate surface area is 309 Å². The number of fused-ring (bicyclic) bond motifs is 3. The molecule has 6 heterocycles. The van der Waals surface area contributed by atoms with E-state index in [1.54, 1.807) is 68.7 Å². The van der Waals surface area contributed by atoms with Crippen LogP contribution >= 0.6 is 11.3 Å². The molecule has 2 N–H and O–H groups in total. The highest BCUT2D eigenvalue weighted by atomic mass is 32.1. The second kappa shape index (κ2) is 15.2. The zero-order chi connectivity index (χ0) is 37.1. The molecule has 0 radical (unpaired) electrons. The number of carbonyl (C=O) groups is 3. The zero-order valence-electron chi connectivity index (χ0n) is 29.3. The highest BCUT2D eigenvalue weighted by molar-refractivity contribution is 7.17. The summed E-state index contributed by atoms with van der Waals surface area (Å²) < 4.78 is 33.9. The third kappa shape index (κ3) is 7.40. The standard InChI is InChI=1S/C27H22F2N4O2S.C13H16N2O2/c1-15-4-3-5-20(29)23(15)32-26(34)22-12-17-10-11-33(27(35)16-6-8-19(30-2)9-7-16)21-13-18(28)14-31-24(21)25(17)36-22;16-8-11-2-1-5-14-12(11)15-9-13(10-15)3-6-17-7-4-13/h3-9,12-14,30H,10-11H2,1-2H3,(H,32,34);1-2,5,8H,3-4,6-7,9-10H2. The molecule has 2 saturated heterocycles. The average molecular weight is 737 g/mol. The third-order valence-corrected chi connectivity index (χ3v) is 11.1. The summed E-state index contributed by atoms with van der Waals surface area (Å²) in [4.78, 5) is 50.7. The molecule has 2 fully saturated rings. The second-order valence-corrected chi connectivity index (χ2v) is 14.5. The van der Waals surface area contributed by atoms with Gasteiger partial charge in [-0.1, -0.05) is 12.1 Å². The largest absolute Gasteiger partial charge is 0.388 e. The van der Waals surface area contributed by atoms with E-state index >= 15 is 0 Å². The highest BCUT2D eigenvalue weighted by Gasteiger charge is 2.44. The number of aromatic nitrogens is 2. The van der Waals surface area contributed by atoms with Gasteiger partial charge in [-0.3, -0.25) is 19.4 Å². The molecule has 3 aliphatic rings. The summed E-state index contributed by atoms with van der Waals surface area (Å²) in [5.41, 5.74) is 4.77. The van der Waals surface area contributed by atoms with Crippen molar-refractivity contribution in [3.05, 3.63) is 118 Å². The first-order chi connectivity index (χ1) is 25.7. The van der Waals surface area contributed by atoms with Crippen LogP contribution in [-0.2, 0) is 11.2 Å². The van der Waals surface area contributed by atoms with Gasteiger partial charge >= 0.3 is 0 Å². The van der Waals surface area contributed by atoms with Gasteiger partial charge in [0.15, 0.2) is 6.29 Å². The van der Waals surface area contributed by atoms with Crippen LogP contribution in [0.3, 0.4) is 0 Å². The lowest BCUT2D eigenvalue weighted by Crippen LogP contribution is -2.59. The van der Waals surface area contributed by atoms with E-state index in [2.05, 4.69) is 25.5 Å². The molecule has 10 nitrogen and oxygen atoms in total. The van der Waals surface area contributed by atoms with Crippen molar-refractivity contribution < 1.29 is 27.9 Å². The zero-order valence-corrected chi connectivity index (χ0v) is 30.1. The van der Waals surface area contributed by atoms with Crippen LogP contribution in [0.25, 0.3) is 10.6 Å². The van der Waals surface area contributed by atoms with Gasteiger partial charge < -0.3 is 25.2 Å². The van der Waals surface area contributed by atoms with Crippen LogP contribution in [-0.4, -0.2) is 68.0 Å². The fourth-order valence-corrected chi connectivity index (χ4v) is 8.11. The Morgan fingerprint density at radius 3 is 2.49 bits per heavy atom. The molecule has 272 valence electrons. The summed E-state index contributed by atoms with van der Waals surface area (Å²) in [6.07, 6.45) is 6.44. The molecule has 3 aliphatic heterocycles. The monoisotopic (exact) mass is 736 g/mol. The van der Waals surface area contributed by atoms with Crippen LogP contribution < -0.4 is 20.4 Å². The molecule has 13 heteroatoms. The molecule has 1 spiro atoms. The van der Waals surface area contributed by atoms with Crippen molar-refractivity contribution in [2.24, 2.45) is 5.41 Å². The number of anilines is 4. The lowest BCUT2D eigenvalue weighted by molar-refractivity contribution is -0.000497. The van der Waals surface area contributed by atoms with Crippen LogP contribution in [0, 0.1) is 24.0 Å². The number of rotatable bonds is 6. The van der Waals surface area contributed by atoms with Gasteiger partial charge in [0, 0.05) is 68.8 Å². The summed E-state index contributed by atoms with van der Waals surface area (Å²) in [5.74, 6) is -0.956. The number of hydrogen-bond donors (Lipinski definition) is 2. The van der Waals surface area contributed by atoms with Crippen molar-refractivity contribution in [1.82, 2.24) is 9.97 Å². The Bertz CT molecular complexity index is 2140. The SMILES string of the molecule is CNc1ccc(C(=O)N2CCc3cc(C(=O)Nc4c(C)cccc4F)sc3-c3ncc(F)cc32)cc1.O=Cc1cccnc1N1CC2(CCOCC2)C1. The number of ether oxygens (including phenoxy) is 1. The fraction of sp³-hybridized carbons (Fsp3) is 0.275. The van der Waals surface area contributed by atoms with Crippen molar-refractivity contribution in [1.29, 1.82) is 0 Å². The van der Waals surface area contributed by atoms with Gasteiger partial charge in [0.1, 0.15) is 23.1 Å². The predicted octanol–water partition coefficient (Wildman–Crippen LogP) is 7.40. The van der Waals surface area contributed by atoms with Crippen molar-refractivity contribution >= 4 is 52.3 Å². The Morgan fingerprint density at radius 2 is 1.77 bits per heavy atom. The van der Waals surface area contributed by atoms with Gasteiger partial charge in [-0.05, 0) is 85.8 Å². The van der Waals surface area contributed by atoms with E-state index in [0.717, 1.165) is 68.7 Å². The smallest absolute Gasteiger partial charge is 0.265 e. The van der Waals surface area contributed by atoms with Crippen LogP contribution in [0.5, 0.6) is 0 Å². The average Bonchev–Trinajstić information content (AvgIpc) is 3.54. The molecule has 5 aromatic rings. The van der Waals surface area contributed by atoms with Gasteiger partial charge in [-0.2, -0.15) is 0 Å². The van der Waals surface area contributed by atoms with Crippen molar-refractivity contribution in [3.63, 3.8) is 0 Å². The summed E-state index contributed by atoms with van der Waals surface area (Å²) in [6, 6.07) is 18.3. The van der Waals surface area contributed by atoms with E-state index in [-0.39, 0.29) is 18.1 Å². The molecular formula is C40H38F2N6O4S. The minimum atomic E-state index is -0.565. The van der Waals surface area contributed by atoms with Crippen molar-refractivity contribution in [3.8, 4) is 10.6 Å². The highest BCUT2D eigenvalue weighted by Crippen LogP contribution is 2.43. The van der Waals surface area contributed by atoms with Crippen molar-refractivity contribution in [2.45, 2.75) is 26.2 Å². The first-order valence-electron chi connectivity index (χ1n) is 17.4. The fourth-order valence-electron chi connectivity index (χ4n) is 7.00.